The third-order valence-electron chi connectivity index (χ3n) is 4.69. The SMILES string of the molecule is Cc1cccc(N2CCN(CCC(=O)N[C@H]3CCSC3)CC2)c1. The summed E-state index contributed by atoms with van der Waals surface area (Å²) in [4.78, 5) is 16.9. The standard InChI is InChI=1S/C18H27N3OS/c1-15-3-2-4-17(13-15)21-10-8-20(9-11-21)7-5-18(22)19-16-6-12-23-14-16/h2-4,13,16H,5-12,14H2,1H3,(H,19,22)/t16-/m0/s1. The van der Waals surface area contributed by atoms with E-state index in [-0.39, 0.29) is 5.91 Å². The number of anilines is 1. The van der Waals surface area contributed by atoms with Gasteiger partial charge in [-0.25, -0.2) is 0 Å². The summed E-state index contributed by atoms with van der Waals surface area (Å²) < 4.78 is 0. The maximum Gasteiger partial charge on any atom is 0.221 e. The molecule has 5 heteroatoms. The van der Waals surface area contributed by atoms with Gasteiger partial charge in [0.05, 0.1) is 0 Å². The molecule has 4 nitrogen and oxygen atoms in total. The maximum absolute atomic E-state index is 12.0. The largest absolute Gasteiger partial charge is 0.369 e. The highest BCUT2D eigenvalue weighted by molar-refractivity contribution is 7.99. The Balaban J connectivity index is 1.38. The van der Waals surface area contributed by atoms with E-state index in [1.54, 1.807) is 0 Å². The molecule has 3 rings (SSSR count). The van der Waals surface area contributed by atoms with E-state index in [0.29, 0.717) is 12.5 Å². The summed E-state index contributed by atoms with van der Waals surface area (Å²) in [5.41, 5.74) is 2.63. The van der Waals surface area contributed by atoms with Gasteiger partial charge in [0, 0.05) is 56.6 Å². The van der Waals surface area contributed by atoms with E-state index in [1.165, 1.54) is 17.0 Å². The number of thioether (sulfide) groups is 1. The van der Waals surface area contributed by atoms with Crippen LogP contribution >= 0.6 is 11.8 Å². The van der Waals surface area contributed by atoms with E-state index in [4.69, 9.17) is 0 Å². The summed E-state index contributed by atoms with van der Waals surface area (Å²) in [6.07, 6.45) is 1.76. The fourth-order valence-corrected chi connectivity index (χ4v) is 4.41. The molecule has 2 fully saturated rings. The van der Waals surface area contributed by atoms with Crippen molar-refractivity contribution in [2.45, 2.75) is 25.8 Å². The van der Waals surface area contributed by atoms with Crippen LogP contribution < -0.4 is 10.2 Å². The lowest BCUT2D eigenvalue weighted by Crippen LogP contribution is -2.47. The van der Waals surface area contributed by atoms with Crippen molar-refractivity contribution in [2.75, 3.05) is 49.1 Å². The van der Waals surface area contributed by atoms with Crippen LogP contribution in [0.3, 0.4) is 0 Å². The zero-order valence-corrected chi connectivity index (χ0v) is 14.8. The lowest BCUT2D eigenvalue weighted by atomic mass is 10.2. The van der Waals surface area contributed by atoms with Crippen LogP contribution in [0, 0.1) is 6.92 Å². The summed E-state index contributed by atoms with van der Waals surface area (Å²) in [5.74, 6) is 2.49. The number of hydrogen-bond acceptors (Lipinski definition) is 4. The number of piperazine rings is 1. The Hall–Kier alpha value is -1.20. The van der Waals surface area contributed by atoms with E-state index < -0.39 is 0 Å². The lowest BCUT2D eigenvalue weighted by molar-refractivity contribution is -0.122. The molecular formula is C18H27N3OS. The minimum Gasteiger partial charge on any atom is -0.369 e. The maximum atomic E-state index is 12.0. The second-order valence-electron chi connectivity index (χ2n) is 6.55. The minimum absolute atomic E-state index is 0.221. The highest BCUT2D eigenvalue weighted by Crippen LogP contribution is 2.18. The number of aryl methyl sites for hydroxylation is 1. The van der Waals surface area contributed by atoms with Gasteiger partial charge in [0.2, 0.25) is 5.91 Å². The monoisotopic (exact) mass is 333 g/mol. The first-order valence-electron chi connectivity index (χ1n) is 8.62. The summed E-state index contributed by atoms with van der Waals surface area (Å²) in [5, 5.41) is 3.16. The first-order valence-corrected chi connectivity index (χ1v) is 9.77. The van der Waals surface area contributed by atoms with Gasteiger partial charge in [0.1, 0.15) is 0 Å². The molecule has 0 saturated carbocycles. The topological polar surface area (TPSA) is 35.6 Å². The fourth-order valence-electron chi connectivity index (χ4n) is 3.26. The summed E-state index contributed by atoms with van der Waals surface area (Å²) in [7, 11) is 0. The first-order chi connectivity index (χ1) is 11.2. The molecule has 0 aliphatic carbocycles. The van der Waals surface area contributed by atoms with Gasteiger partial charge in [-0.2, -0.15) is 11.8 Å². The molecule has 2 heterocycles. The van der Waals surface area contributed by atoms with E-state index in [9.17, 15) is 4.79 Å². The molecule has 2 saturated heterocycles. The molecule has 23 heavy (non-hydrogen) atoms. The van der Waals surface area contributed by atoms with Crippen LogP contribution in [0.5, 0.6) is 0 Å². The average Bonchev–Trinajstić information content (AvgIpc) is 3.06. The van der Waals surface area contributed by atoms with E-state index >= 15 is 0 Å². The van der Waals surface area contributed by atoms with Crippen molar-refractivity contribution >= 4 is 23.4 Å². The molecule has 2 aliphatic rings. The summed E-state index contributed by atoms with van der Waals surface area (Å²) in [6.45, 7) is 7.20. The Kier molecular flexibility index (Phi) is 5.84. The van der Waals surface area contributed by atoms with E-state index in [1.807, 2.05) is 11.8 Å². The van der Waals surface area contributed by atoms with Crippen LogP contribution in [0.4, 0.5) is 5.69 Å². The first kappa shape index (κ1) is 16.7. The van der Waals surface area contributed by atoms with Gasteiger partial charge in [-0.1, -0.05) is 12.1 Å². The van der Waals surface area contributed by atoms with Crippen LogP contribution in [0.15, 0.2) is 24.3 Å². The van der Waals surface area contributed by atoms with Crippen molar-refractivity contribution in [3.63, 3.8) is 0 Å². The molecule has 0 aromatic heterocycles. The predicted molar refractivity (Wildman–Crippen MR) is 98.3 cm³/mol. The van der Waals surface area contributed by atoms with Gasteiger partial charge >= 0.3 is 0 Å². The Morgan fingerprint density at radius 2 is 2.13 bits per heavy atom. The van der Waals surface area contributed by atoms with E-state index in [0.717, 1.165) is 44.9 Å². The summed E-state index contributed by atoms with van der Waals surface area (Å²) in [6, 6.07) is 9.12. The van der Waals surface area contributed by atoms with Gasteiger partial charge in [-0.05, 0) is 36.8 Å². The number of nitrogens with zero attached hydrogens (tertiary/aromatic N) is 2. The second kappa shape index (κ2) is 8.06. The van der Waals surface area contributed by atoms with Gasteiger partial charge in [-0.15, -0.1) is 0 Å². The quantitative estimate of drug-likeness (QED) is 0.895. The number of nitrogens with one attached hydrogen (secondary N) is 1. The number of rotatable bonds is 5. The van der Waals surface area contributed by atoms with Crippen LogP contribution in [0.1, 0.15) is 18.4 Å². The van der Waals surface area contributed by atoms with Gasteiger partial charge in [0.25, 0.3) is 0 Å². The van der Waals surface area contributed by atoms with Crippen molar-refractivity contribution in [1.29, 1.82) is 0 Å². The fraction of sp³-hybridized carbons (Fsp3) is 0.611. The molecule has 0 unspecified atom stereocenters. The molecule has 0 bridgehead atoms. The highest BCUT2D eigenvalue weighted by Gasteiger charge is 2.20. The molecule has 1 N–H and O–H groups in total. The van der Waals surface area contributed by atoms with Crippen molar-refractivity contribution in [1.82, 2.24) is 10.2 Å². The van der Waals surface area contributed by atoms with Crippen LogP contribution in [-0.2, 0) is 4.79 Å². The molecule has 1 amide bonds. The average molecular weight is 334 g/mol. The Morgan fingerprint density at radius 3 is 2.83 bits per heavy atom. The highest BCUT2D eigenvalue weighted by atomic mass is 32.2. The van der Waals surface area contributed by atoms with Crippen molar-refractivity contribution in [2.24, 2.45) is 0 Å². The second-order valence-corrected chi connectivity index (χ2v) is 7.70. The van der Waals surface area contributed by atoms with Crippen LogP contribution in [-0.4, -0.2) is 61.1 Å². The van der Waals surface area contributed by atoms with E-state index in [2.05, 4.69) is 46.3 Å². The Morgan fingerprint density at radius 1 is 1.30 bits per heavy atom. The number of amides is 1. The molecular weight excluding hydrogens is 306 g/mol. The smallest absolute Gasteiger partial charge is 0.221 e. The number of carbonyl (C=O) groups excluding carboxylic acids is 1. The van der Waals surface area contributed by atoms with Crippen molar-refractivity contribution in [3.8, 4) is 0 Å². The zero-order valence-electron chi connectivity index (χ0n) is 14.0. The molecule has 0 spiro atoms. The molecule has 126 valence electrons. The number of benzene rings is 1. The predicted octanol–water partition coefficient (Wildman–Crippen LogP) is 2.13. The summed E-state index contributed by atoms with van der Waals surface area (Å²) >= 11 is 1.94. The third-order valence-corrected chi connectivity index (χ3v) is 5.85. The number of hydrogen-bond donors (Lipinski definition) is 1. The molecule has 1 aromatic rings. The Labute approximate surface area is 143 Å². The molecule has 1 atom stereocenters. The molecule has 0 radical (unpaired) electrons. The van der Waals surface area contributed by atoms with Gasteiger partial charge < -0.3 is 10.2 Å². The van der Waals surface area contributed by atoms with Crippen molar-refractivity contribution < 1.29 is 4.79 Å². The Bertz CT molecular complexity index is 523. The molecule has 2 aliphatic heterocycles. The van der Waals surface area contributed by atoms with Gasteiger partial charge in [0.15, 0.2) is 0 Å². The third kappa shape index (κ3) is 4.88. The normalized spacial score (nSPS) is 22.3. The zero-order chi connectivity index (χ0) is 16.1. The van der Waals surface area contributed by atoms with Crippen LogP contribution in [0.25, 0.3) is 0 Å². The van der Waals surface area contributed by atoms with Crippen LogP contribution in [0.2, 0.25) is 0 Å². The van der Waals surface area contributed by atoms with Crippen molar-refractivity contribution in [3.05, 3.63) is 29.8 Å². The lowest BCUT2D eigenvalue weighted by Gasteiger charge is -2.36. The minimum atomic E-state index is 0.221. The number of carbonyl (C=O) groups is 1. The van der Waals surface area contributed by atoms with Gasteiger partial charge in [-0.3, -0.25) is 9.69 Å². The molecule has 1 aromatic carbocycles.